The van der Waals surface area contributed by atoms with Gasteiger partial charge in [-0.15, -0.1) is 0 Å². The number of rotatable bonds is 6. The maximum atomic E-state index is 10.8. The molecule has 6 nitrogen and oxygen atoms in total. The van der Waals surface area contributed by atoms with Crippen LogP contribution in [0.5, 0.6) is 0 Å². The molecule has 0 aliphatic heterocycles. The van der Waals surface area contributed by atoms with Crippen LogP contribution in [0.1, 0.15) is 17.5 Å². The Hall–Kier alpha value is -2.86. The van der Waals surface area contributed by atoms with Crippen molar-refractivity contribution in [3.05, 3.63) is 52.9 Å². The molecule has 0 atom stereocenters. The minimum Gasteiger partial charge on any atom is -0.479 e. The summed E-state index contributed by atoms with van der Waals surface area (Å²) in [6.45, 7) is 5.11. The fraction of sp³-hybridized carbons (Fsp3) is 0.300. The van der Waals surface area contributed by atoms with Gasteiger partial charge in [0, 0.05) is 17.3 Å². The van der Waals surface area contributed by atoms with E-state index >= 15 is 0 Å². The van der Waals surface area contributed by atoms with Crippen molar-refractivity contribution >= 4 is 27.8 Å². The van der Waals surface area contributed by atoms with E-state index in [9.17, 15) is 4.79 Å². The monoisotopic (exact) mass is 353 g/mol. The van der Waals surface area contributed by atoms with E-state index in [1.807, 2.05) is 30.3 Å². The van der Waals surface area contributed by atoms with Crippen molar-refractivity contribution in [2.24, 2.45) is 10.9 Å². The van der Waals surface area contributed by atoms with E-state index in [1.54, 1.807) is 0 Å². The van der Waals surface area contributed by atoms with Crippen LogP contribution in [0.25, 0.3) is 21.8 Å². The Morgan fingerprint density at radius 1 is 1.19 bits per heavy atom. The van der Waals surface area contributed by atoms with E-state index in [4.69, 9.17) is 15.7 Å². The van der Waals surface area contributed by atoms with Crippen LogP contribution in [0.2, 0.25) is 0 Å². The van der Waals surface area contributed by atoms with E-state index in [0.29, 0.717) is 11.9 Å². The molecular formula is C20H23N3O3. The highest BCUT2D eigenvalue weighted by Gasteiger charge is 2.13. The zero-order chi connectivity index (χ0) is 18.7. The summed E-state index contributed by atoms with van der Waals surface area (Å²) >= 11 is 0. The highest BCUT2D eigenvalue weighted by molar-refractivity contribution is 5.95. The Labute approximate surface area is 151 Å². The number of pyridine rings is 1. The Bertz CT molecular complexity index is 1040. The van der Waals surface area contributed by atoms with Crippen molar-refractivity contribution in [1.29, 1.82) is 0 Å². The van der Waals surface area contributed by atoms with Crippen LogP contribution < -0.4 is 11.1 Å². The first kappa shape index (κ1) is 17.9. The van der Waals surface area contributed by atoms with Crippen LogP contribution in [-0.4, -0.2) is 28.8 Å². The maximum absolute atomic E-state index is 10.8. The molecule has 1 aromatic heterocycles. The molecule has 26 heavy (non-hydrogen) atoms. The van der Waals surface area contributed by atoms with Crippen molar-refractivity contribution in [3.63, 3.8) is 0 Å². The molecule has 0 bridgehead atoms. The molecule has 0 spiro atoms. The van der Waals surface area contributed by atoms with Gasteiger partial charge in [-0.3, -0.25) is 0 Å². The lowest BCUT2D eigenvalue weighted by molar-refractivity contribution is -0.142. The number of aliphatic carboxylic acids is 1. The minimum atomic E-state index is -1.05. The largest absolute Gasteiger partial charge is 0.479 e. The molecule has 0 aliphatic carbocycles. The van der Waals surface area contributed by atoms with Gasteiger partial charge in [-0.05, 0) is 44.0 Å². The summed E-state index contributed by atoms with van der Waals surface area (Å²) in [6, 6.07) is 12.0. The number of hydrogen-bond acceptors (Lipinski definition) is 4. The van der Waals surface area contributed by atoms with Crippen molar-refractivity contribution in [2.45, 2.75) is 26.8 Å². The van der Waals surface area contributed by atoms with Gasteiger partial charge >= 0.3 is 5.97 Å². The summed E-state index contributed by atoms with van der Waals surface area (Å²) in [6.07, 6.45) is 0.864. The smallest absolute Gasteiger partial charge is 0.344 e. The fourth-order valence-electron chi connectivity index (χ4n) is 3.25. The Morgan fingerprint density at radius 3 is 2.69 bits per heavy atom. The van der Waals surface area contributed by atoms with Crippen LogP contribution in [0.15, 0.2) is 41.6 Å². The normalized spacial score (nSPS) is 12.0. The predicted molar refractivity (Wildman–Crippen MR) is 102 cm³/mol. The second kappa shape index (κ2) is 7.58. The Kier molecular flexibility index (Phi) is 5.23. The molecule has 3 N–H and O–H groups in total. The van der Waals surface area contributed by atoms with Gasteiger partial charge in [0.05, 0.1) is 11.0 Å². The lowest BCUT2D eigenvalue weighted by Gasteiger charge is -2.18. The van der Waals surface area contributed by atoms with E-state index in [2.05, 4.69) is 29.6 Å². The molecule has 0 radical (unpaired) electrons. The number of nitrogens with zero attached hydrogens (tertiary/aromatic N) is 2. The highest BCUT2D eigenvalue weighted by Crippen LogP contribution is 2.24. The first-order chi connectivity index (χ1) is 12.5. The number of aromatic nitrogens is 1. The van der Waals surface area contributed by atoms with Crippen LogP contribution in [0.4, 0.5) is 0 Å². The summed E-state index contributed by atoms with van der Waals surface area (Å²) in [5.74, 6) is -1.05. The zero-order valence-corrected chi connectivity index (χ0v) is 15.0. The van der Waals surface area contributed by atoms with E-state index in [1.165, 1.54) is 11.1 Å². The minimum absolute atomic E-state index is 0.470. The summed E-state index contributed by atoms with van der Waals surface area (Å²) in [4.78, 5) is 15.9. The average molecular weight is 353 g/mol. The number of benzene rings is 2. The molecule has 0 saturated heterocycles. The van der Waals surface area contributed by atoms with E-state index < -0.39 is 12.6 Å². The van der Waals surface area contributed by atoms with Gasteiger partial charge in [-0.25, -0.2) is 4.79 Å². The molecule has 3 rings (SSSR count). The van der Waals surface area contributed by atoms with Crippen LogP contribution >= 0.6 is 0 Å². The molecule has 1 heterocycles. The third kappa shape index (κ3) is 3.28. The second-order valence-electron chi connectivity index (χ2n) is 6.32. The number of aryl methyl sites for hydroxylation is 3. The molecule has 6 heteroatoms. The average Bonchev–Trinajstić information content (AvgIpc) is 2.63. The number of fused-ring (bicyclic) bond motifs is 2. The number of nitrogens with two attached hydrogens (primary N) is 1. The van der Waals surface area contributed by atoms with Crippen LogP contribution in [0.3, 0.4) is 0 Å². The molecule has 136 valence electrons. The lowest BCUT2D eigenvalue weighted by Crippen LogP contribution is -2.17. The third-order valence-electron chi connectivity index (χ3n) is 4.61. The molecule has 3 aromatic rings. The second-order valence-corrected chi connectivity index (χ2v) is 6.32. The first-order valence-electron chi connectivity index (χ1n) is 8.64. The van der Waals surface area contributed by atoms with Crippen molar-refractivity contribution in [1.82, 2.24) is 4.57 Å². The summed E-state index contributed by atoms with van der Waals surface area (Å²) in [5, 5.41) is 15.5. The molecular weight excluding hydrogens is 330 g/mol. The number of hydrogen-bond donors (Lipinski definition) is 2. The van der Waals surface area contributed by atoms with Gasteiger partial charge in [0.1, 0.15) is 5.36 Å². The summed E-state index contributed by atoms with van der Waals surface area (Å²) < 4.78 is 2.27. The number of para-hydroxylation sites is 1. The molecule has 0 saturated carbocycles. The quantitative estimate of drug-likeness (QED) is 0.527. The van der Waals surface area contributed by atoms with Crippen LogP contribution in [0, 0.1) is 13.8 Å². The summed E-state index contributed by atoms with van der Waals surface area (Å²) in [5.41, 5.74) is 10.2. The van der Waals surface area contributed by atoms with E-state index in [-0.39, 0.29) is 0 Å². The highest BCUT2D eigenvalue weighted by atomic mass is 16.6. The predicted octanol–water partition coefficient (Wildman–Crippen LogP) is 2.68. The van der Waals surface area contributed by atoms with Gasteiger partial charge in [0.2, 0.25) is 6.61 Å². The first-order valence-corrected chi connectivity index (χ1v) is 8.64. The molecule has 0 fully saturated rings. The van der Waals surface area contributed by atoms with Gasteiger partial charge in [0.25, 0.3) is 0 Å². The maximum Gasteiger partial charge on any atom is 0.344 e. The standard InChI is InChI=1S/C20H23N3O3/c1-13-8-9-16-19(22-26-12-18(24)25)15-6-3-4-7-17(15)23(11-5-10-21)20(16)14(13)2/h3-4,6-9H,5,10-12,21H2,1-2H3,(H,24,25)/b22-19+. The third-order valence-corrected chi connectivity index (χ3v) is 4.61. The molecule has 0 aliphatic rings. The van der Waals surface area contributed by atoms with Gasteiger partial charge in [-0.2, -0.15) is 0 Å². The van der Waals surface area contributed by atoms with Gasteiger partial charge in [-0.1, -0.05) is 35.5 Å². The van der Waals surface area contributed by atoms with Crippen molar-refractivity contribution in [3.8, 4) is 0 Å². The van der Waals surface area contributed by atoms with E-state index in [0.717, 1.165) is 34.8 Å². The van der Waals surface area contributed by atoms with Crippen molar-refractivity contribution < 1.29 is 14.7 Å². The topological polar surface area (TPSA) is 89.8 Å². The SMILES string of the molecule is Cc1ccc2/c(=N/OCC(=O)O)c3ccccc3n(CCCN)c2c1C. The lowest BCUT2D eigenvalue weighted by atomic mass is 10.0. The zero-order valence-electron chi connectivity index (χ0n) is 15.0. The number of carboxylic acid groups (broad SMARTS) is 1. The molecule has 0 unspecified atom stereocenters. The molecule has 0 amide bonds. The Balaban J connectivity index is 2.42. The fourth-order valence-corrected chi connectivity index (χ4v) is 3.25. The van der Waals surface area contributed by atoms with Crippen molar-refractivity contribution in [2.75, 3.05) is 13.2 Å². The summed E-state index contributed by atoms with van der Waals surface area (Å²) in [7, 11) is 0. The number of carboxylic acids is 1. The number of carbonyl (C=O) groups is 1. The molecule has 2 aromatic carbocycles. The van der Waals surface area contributed by atoms with Gasteiger partial charge < -0.3 is 20.2 Å². The van der Waals surface area contributed by atoms with Gasteiger partial charge in [0.15, 0.2) is 0 Å². The Morgan fingerprint density at radius 2 is 1.96 bits per heavy atom. The van der Waals surface area contributed by atoms with Crippen LogP contribution in [-0.2, 0) is 16.2 Å².